The topological polar surface area (TPSA) is 56.5 Å². The molecule has 0 amide bonds. The van der Waals surface area contributed by atoms with Gasteiger partial charge in [-0.2, -0.15) is 0 Å². The Kier molecular flexibility index (Phi) is 4.01. The Hall–Kier alpha value is -1.08. The maximum atomic E-state index is 11.0. The molecule has 0 saturated heterocycles. The van der Waals surface area contributed by atoms with Gasteiger partial charge < -0.3 is 9.14 Å². The number of fused-ring (bicyclic) bond motifs is 1. The molecular formula is C10H10BrN3O2S. The molecule has 0 saturated carbocycles. The Labute approximate surface area is 111 Å². The van der Waals surface area contributed by atoms with Gasteiger partial charge in [0.05, 0.1) is 13.5 Å². The fourth-order valence-corrected chi connectivity index (χ4v) is 2.73. The van der Waals surface area contributed by atoms with Gasteiger partial charge in [-0.25, -0.2) is 9.97 Å². The highest BCUT2D eigenvalue weighted by Crippen LogP contribution is 2.23. The summed E-state index contributed by atoms with van der Waals surface area (Å²) in [5.41, 5.74) is 0.795. The summed E-state index contributed by atoms with van der Waals surface area (Å²) in [6, 6.07) is 0. The van der Waals surface area contributed by atoms with Crippen LogP contribution in [0.4, 0.5) is 0 Å². The molecule has 2 heterocycles. The van der Waals surface area contributed by atoms with Gasteiger partial charge in [-0.1, -0.05) is 0 Å². The van der Waals surface area contributed by atoms with E-state index in [1.165, 1.54) is 18.9 Å². The molecule has 90 valence electrons. The minimum absolute atomic E-state index is 0.216. The summed E-state index contributed by atoms with van der Waals surface area (Å²) in [5.74, 6) is 0.408. The Balaban J connectivity index is 2.12. The number of imidazole rings is 1. The summed E-state index contributed by atoms with van der Waals surface area (Å²) >= 11 is 4.82. The lowest BCUT2D eigenvalue weighted by atomic mass is 10.5. The molecule has 0 fully saturated rings. The number of carbonyl (C=O) groups is 1. The van der Waals surface area contributed by atoms with E-state index in [1.54, 1.807) is 6.20 Å². The van der Waals surface area contributed by atoms with Crippen molar-refractivity contribution in [2.24, 2.45) is 0 Å². The van der Waals surface area contributed by atoms with Gasteiger partial charge in [-0.15, -0.1) is 11.8 Å². The third kappa shape index (κ3) is 2.98. The highest BCUT2D eigenvalue weighted by atomic mass is 79.9. The smallest absolute Gasteiger partial charge is 0.306 e. The van der Waals surface area contributed by atoms with Crippen molar-refractivity contribution in [3.63, 3.8) is 0 Å². The Morgan fingerprint density at radius 1 is 1.65 bits per heavy atom. The Morgan fingerprint density at radius 3 is 3.24 bits per heavy atom. The van der Waals surface area contributed by atoms with E-state index in [9.17, 15) is 4.79 Å². The van der Waals surface area contributed by atoms with E-state index >= 15 is 0 Å². The van der Waals surface area contributed by atoms with Crippen molar-refractivity contribution < 1.29 is 9.53 Å². The van der Waals surface area contributed by atoms with Gasteiger partial charge >= 0.3 is 5.97 Å². The molecule has 0 atom stereocenters. The van der Waals surface area contributed by atoms with E-state index in [0.29, 0.717) is 12.2 Å². The summed E-state index contributed by atoms with van der Waals surface area (Å²) in [7, 11) is 1.39. The zero-order chi connectivity index (χ0) is 12.3. The molecule has 0 aliphatic rings. The molecule has 0 spiro atoms. The van der Waals surface area contributed by atoms with E-state index < -0.39 is 0 Å². The van der Waals surface area contributed by atoms with Crippen LogP contribution >= 0.6 is 27.7 Å². The third-order valence-corrected chi connectivity index (χ3v) is 3.42. The van der Waals surface area contributed by atoms with Crippen molar-refractivity contribution in [3.8, 4) is 0 Å². The van der Waals surface area contributed by atoms with Crippen LogP contribution in [0.25, 0.3) is 5.65 Å². The van der Waals surface area contributed by atoms with Crippen molar-refractivity contribution >= 4 is 39.3 Å². The number of aromatic nitrogens is 3. The van der Waals surface area contributed by atoms with Gasteiger partial charge in [-0.05, 0) is 15.9 Å². The van der Waals surface area contributed by atoms with Crippen molar-refractivity contribution in [3.05, 3.63) is 23.2 Å². The van der Waals surface area contributed by atoms with Crippen molar-refractivity contribution in [1.29, 1.82) is 0 Å². The first-order valence-corrected chi connectivity index (χ1v) is 6.67. The Morgan fingerprint density at radius 2 is 2.47 bits per heavy atom. The number of hydrogen-bond donors (Lipinski definition) is 0. The van der Waals surface area contributed by atoms with Gasteiger partial charge in [0.1, 0.15) is 9.63 Å². The van der Waals surface area contributed by atoms with Gasteiger partial charge in [0, 0.05) is 24.3 Å². The molecule has 0 aliphatic heterocycles. The molecule has 7 heteroatoms. The molecule has 0 bridgehead atoms. The second-order valence-corrected chi connectivity index (χ2v) is 5.10. The van der Waals surface area contributed by atoms with E-state index in [-0.39, 0.29) is 5.97 Å². The molecule has 2 aromatic heterocycles. The zero-order valence-corrected chi connectivity index (χ0v) is 11.5. The number of thioether (sulfide) groups is 1. The molecule has 2 rings (SSSR count). The molecule has 2 aromatic rings. The van der Waals surface area contributed by atoms with Crippen LogP contribution in [0.2, 0.25) is 0 Å². The molecule has 5 nitrogen and oxygen atoms in total. The van der Waals surface area contributed by atoms with Crippen LogP contribution in [0.15, 0.2) is 28.2 Å². The second kappa shape index (κ2) is 5.50. The van der Waals surface area contributed by atoms with Gasteiger partial charge in [0.2, 0.25) is 0 Å². The third-order valence-electron chi connectivity index (χ3n) is 2.09. The maximum Gasteiger partial charge on any atom is 0.306 e. The number of nitrogens with zero attached hydrogens (tertiary/aromatic N) is 3. The summed E-state index contributed by atoms with van der Waals surface area (Å²) in [6.07, 6.45) is 5.77. The summed E-state index contributed by atoms with van der Waals surface area (Å²) in [6.45, 7) is 0. The largest absolute Gasteiger partial charge is 0.469 e. The van der Waals surface area contributed by atoms with Crippen LogP contribution in [0, 0.1) is 0 Å². The van der Waals surface area contributed by atoms with Gasteiger partial charge in [0.15, 0.2) is 5.65 Å². The zero-order valence-electron chi connectivity index (χ0n) is 9.09. The molecule has 0 aromatic carbocycles. The minimum Gasteiger partial charge on any atom is -0.469 e. The number of hydrogen-bond acceptors (Lipinski definition) is 5. The highest BCUT2D eigenvalue weighted by molar-refractivity contribution is 9.10. The molecular weight excluding hydrogens is 306 g/mol. The summed E-state index contributed by atoms with van der Waals surface area (Å²) < 4.78 is 7.21. The first-order valence-electron chi connectivity index (χ1n) is 4.89. The van der Waals surface area contributed by atoms with E-state index in [4.69, 9.17) is 0 Å². The number of methoxy groups -OCH3 is 1. The van der Waals surface area contributed by atoms with Gasteiger partial charge in [-0.3, -0.25) is 4.79 Å². The lowest BCUT2D eigenvalue weighted by Gasteiger charge is -2.03. The van der Waals surface area contributed by atoms with Crippen LogP contribution in [0.5, 0.6) is 0 Å². The standard InChI is InChI=1S/C10H10BrN3O2S/c1-16-8(15)2-5-17-10-9-12-3-4-14(9)6-7(11)13-10/h3-4,6H,2,5H2,1H3. The van der Waals surface area contributed by atoms with Crippen LogP contribution in [0.1, 0.15) is 6.42 Å². The fourth-order valence-electron chi connectivity index (χ4n) is 1.30. The molecule has 17 heavy (non-hydrogen) atoms. The lowest BCUT2D eigenvalue weighted by Crippen LogP contribution is -2.01. The van der Waals surface area contributed by atoms with E-state index in [2.05, 4.69) is 30.6 Å². The average Bonchev–Trinajstić information content (AvgIpc) is 2.76. The van der Waals surface area contributed by atoms with Crippen LogP contribution < -0.4 is 0 Å². The minimum atomic E-state index is -0.216. The average molecular weight is 316 g/mol. The predicted molar refractivity (Wildman–Crippen MR) is 68.0 cm³/mol. The number of ether oxygens (including phenoxy) is 1. The SMILES string of the molecule is COC(=O)CCSc1nc(Br)cn2ccnc12. The highest BCUT2D eigenvalue weighted by Gasteiger charge is 2.08. The predicted octanol–water partition coefficient (Wildman–Crippen LogP) is 2.15. The quantitative estimate of drug-likeness (QED) is 0.639. The van der Waals surface area contributed by atoms with E-state index in [1.807, 2.05) is 16.8 Å². The first-order chi connectivity index (χ1) is 8.20. The number of rotatable bonds is 4. The van der Waals surface area contributed by atoms with Crippen LogP contribution in [-0.4, -0.2) is 33.2 Å². The van der Waals surface area contributed by atoms with Crippen LogP contribution in [-0.2, 0) is 9.53 Å². The maximum absolute atomic E-state index is 11.0. The first kappa shape index (κ1) is 12.4. The summed E-state index contributed by atoms with van der Waals surface area (Å²) in [4.78, 5) is 19.6. The monoisotopic (exact) mass is 315 g/mol. The van der Waals surface area contributed by atoms with E-state index in [0.717, 1.165) is 15.3 Å². The lowest BCUT2D eigenvalue weighted by molar-refractivity contribution is -0.140. The molecule has 0 N–H and O–H groups in total. The molecule has 0 aliphatic carbocycles. The van der Waals surface area contributed by atoms with Crippen molar-refractivity contribution in [1.82, 2.24) is 14.4 Å². The number of carbonyl (C=O) groups excluding carboxylic acids is 1. The number of esters is 1. The number of halogens is 1. The fraction of sp³-hybridized carbons (Fsp3) is 0.300. The van der Waals surface area contributed by atoms with Crippen LogP contribution in [0.3, 0.4) is 0 Å². The Bertz CT molecular complexity index is 543. The molecule has 0 radical (unpaired) electrons. The normalized spacial score (nSPS) is 10.7. The second-order valence-electron chi connectivity index (χ2n) is 3.20. The summed E-state index contributed by atoms with van der Waals surface area (Å²) in [5, 5.41) is 0.799. The molecule has 0 unspecified atom stereocenters. The van der Waals surface area contributed by atoms with Crippen molar-refractivity contribution in [2.75, 3.05) is 12.9 Å². The van der Waals surface area contributed by atoms with Crippen molar-refractivity contribution in [2.45, 2.75) is 11.4 Å². The van der Waals surface area contributed by atoms with Gasteiger partial charge in [0.25, 0.3) is 0 Å².